The van der Waals surface area contributed by atoms with Crippen LogP contribution in [0.15, 0.2) is 5.38 Å². The van der Waals surface area contributed by atoms with Gasteiger partial charge in [-0.05, 0) is 32.7 Å². The Morgan fingerprint density at radius 2 is 2.43 bits per heavy atom. The van der Waals surface area contributed by atoms with Gasteiger partial charge in [-0.2, -0.15) is 0 Å². The van der Waals surface area contributed by atoms with Crippen molar-refractivity contribution in [3.05, 3.63) is 11.1 Å². The van der Waals surface area contributed by atoms with Crippen LogP contribution in [0.5, 0.6) is 0 Å². The highest BCUT2D eigenvalue weighted by Gasteiger charge is 2.37. The Bertz CT molecular complexity index is 491. The topological polar surface area (TPSA) is 54.5 Å². The highest BCUT2D eigenvalue weighted by Crippen LogP contribution is 2.30. The van der Waals surface area contributed by atoms with Gasteiger partial charge in [0.05, 0.1) is 18.7 Å². The number of rotatable bonds is 6. The van der Waals surface area contributed by atoms with Gasteiger partial charge in [0, 0.05) is 30.4 Å². The van der Waals surface area contributed by atoms with E-state index in [-0.39, 0.29) is 5.97 Å². The molecule has 0 spiro atoms. The first-order chi connectivity index (χ1) is 10.3. The summed E-state index contributed by atoms with van der Waals surface area (Å²) in [4.78, 5) is 18.6. The number of hydrogen-bond acceptors (Lipinski definition) is 6. The van der Waals surface area contributed by atoms with E-state index in [0.717, 1.165) is 10.8 Å². The number of anilines is 1. The van der Waals surface area contributed by atoms with Crippen LogP contribution in [-0.2, 0) is 16.0 Å². The van der Waals surface area contributed by atoms with Gasteiger partial charge < -0.3 is 10.1 Å². The lowest BCUT2D eigenvalue weighted by Crippen LogP contribution is -2.33. The minimum absolute atomic E-state index is 0.141. The molecule has 0 aliphatic carbocycles. The summed E-state index contributed by atoms with van der Waals surface area (Å²) in [6.07, 6.45) is 4.92. The summed E-state index contributed by atoms with van der Waals surface area (Å²) in [7, 11) is 0. The summed E-state index contributed by atoms with van der Waals surface area (Å²) >= 11 is 1.64. The minimum Gasteiger partial charge on any atom is -0.466 e. The van der Waals surface area contributed by atoms with Crippen molar-refractivity contribution in [3.63, 3.8) is 0 Å². The quantitative estimate of drug-likeness (QED) is 0.817. The number of nitrogens with zero attached hydrogens (tertiary/aromatic N) is 2. The first kappa shape index (κ1) is 14.8. The molecule has 2 aliphatic heterocycles. The van der Waals surface area contributed by atoms with E-state index in [4.69, 9.17) is 4.74 Å². The molecule has 0 saturated carbocycles. The van der Waals surface area contributed by atoms with E-state index in [2.05, 4.69) is 15.2 Å². The predicted molar refractivity (Wildman–Crippen MR) is 83.7 cm³/mol. The summed E-state index contributed by atoms with van der Waals surface area (Å²) in [6.45, 7) is 4.74. The maximum Gasteiger partial charge on any atom is 0.306 e. The second-order valence-corrected chi connectivity index (χ2v) is 6.59. The molecule has 3 rings (SSSR count). The lowest BCUT2D eigenvalue weighted by molar-refractivity contribution is -0.143. The van der Waals surface area contributed by atoms with Crippen LogP contribution in [0.2, 0.25) is 0 Å². The van der Waals surface area contributed by atoms with Gasteiger partial charge in [-0.25, -0.2) is 4.98 Å². The van der Waals surface area contributed by atoms with Crippen LogP contribution in [0, 0.1) is 0 Å². The number of hydrogen-bond donors (Lipinski definition) is 1. The molecular weight excluding hydrogens is 286 g/mol. The molecular formula is C15H23N3O2S. The molecule has 0 bridgehead atoms. The molecule has 21 heavy (non-hydrogen) atoms. The monoisotopic (exact) mass is 309 g/mol. The third-order valence-electron chi connectivity index (χ3n) is 4.36. The van der Waals surface area contributed by atoms with Crippen molar-refractivity contribution in [2.24, 2.45) is 0 Å². The van der Waals surface area contributed by atoms with Gasteiger partial charge in [0.15, 0.2) is 5.13 Å². The van der Waals surface area contributed by atoms with E-state index in [0.29, 0.717) is 31.5 Å². The Morgan fingerprint density at radius 3 is 3.29 bits per heavy atom. The van der Waals surface area contributed by atoms with Crippen molar-refractivity contribution in [2.75, 3.05) is 25.0 Å². The summed E-state index contributed by atoms with van der Waals surface area (Å²) in [5.41, 5.74) is 0.983. The highest BCUT2D eigenvalue weighted by atomic mass is 32.1. The zero-order chi connectivity index (χ0) is 14.7. The fourth-order valence-corrected chi connectivity index (χ4v) is 4.17. The molecule has 6 heteroatoms. The molecule has 1 aromatic rings. The molecule has 3 heterocycles. The average molecular weight is 309 g/mol. The van der Waals surface area contributed by atoms with Crippen molar-refractivity contribution < 1.29 is 9.53 Å². The molecule has 2 unspecified atom stereocenters. The van der Waals surface area contributed by atoms with Crippen molar-refractivity contribution in [3.8, 4) is 0 Å². The number of carbonyl (C=O) groups is 1. The Labute approximate surface area is 129 Å². The Balaban J connectivity index is 1.50. The molecule has 2 fully saturated rings. The van der Waals surface area contributed by atoms with Crippen LogP contribution < -0.4 is 5.32 Å². The fraction of sp³-hybridized carbons (Fsp3) is 0.733. The fourth-order valence-electron chi connectivity index (χ4n) is 3.36. The van der Waals surface area contributed by atoms with E-state index < -0.39 is 0 Å². The van der Waals surface area contributed by atoms with E-state index in [1.54, 1.807) is 11.3 Å². The van der Waals surface area contributed by atoms with Crippen molar-refractivity contribution in [2.45, 2.75) is 51.1 Å². The summed E-state index contributed by atoms with van der Waals surface area (Å²) in [5.74, 6) is -0.141. The second kappa shape index (κ2) is 6.75. The second-order valence-electron chi connectivity index (χ2n) is 5.73. The first-order valence-electron chi connectivity index (χ1n) is 7.87. The van der Waals surface area contributed by atoms with E-state index in [1.165, 1.54) is 32.4 Å². The summed E-state index contributed by atoms with van der Waals surface area (Å²) in [5, 5.41) is 6.63. The van der Waals surface area contributed by atoms with Crippen LogP contribution in [0.3, 0.4) is 0 Å². The number of ether oxygens (including phenoxy) is 1. The zero-order valence-corrected chi connectivity index (χ0v) is 13.3. The van der Waals surface area contributed by atoms with Crippen LogP contribution in [0.4, 0.5) is 5.13 Å². The van der Waals surface area contributed by atoms with Crippen molar-refractivity contribution >= 4 is 22.4 Å². The van der Waals surface area contributed by atoms with Crippen LogP contribution >= 0.6 is 11.3 Å². The molecule has 1 aromatic heterocycles. The number of carbonyl (C=O) groups excluding carboxylic acids is 1. The third-order valence-corrected chi connectivity index (χ3v) is 5.18. The van der Waals surface area contributed by atoms with Crippen LogP contribution in [0.1, 0.15) is 38.3 Å². The number of aryl methyl sites for hydroxylation is 1. The number of thiazole rings is 1. The van der Waals surface area contributed by atoms with Gasteiger partial charge in [0.25, 0.3) is 0 Å². The lowest BCUT2D eigenvalue weighted by Gasteiger charge is -2.20. The smallest absolute Gasteiger partial charge is 0.306 e. The maximum atomic E-state index is 11.4. The number of esters is 1. The molecule has 0 amide bonds. The highest BCUT2D eigenvalue weighted by molar-refractivity contribution is 7.13. The Hall–Kier alpha value is -1.14. The molecule has 0 radical (unpaired) electrons. The van der Waals surface area contributed by atoms with Crippen molar-refractivity contribution in [1.29, 1.82) is 0 Å². The third kappa shape index (κ3) is 3.55. The number of nitrogens with one attached hydrogen (secondary N) is 1. The van der Waals surface area contributed by atoms with Crippen molar-refractivity contribution in [1.82, 2.24) is 9.88 Å². The Morgan fingerprint density at radius 1 is 1.52 bits per heavy atom. The standard InChI is InChI=1S/C15H23N3O2S/c1-2-20-14(19)6-5-11-10-21-15(16-11)17-12-7-9-18-8-3-4-13(12)18/h10,12-13H,2-9H2,1H3,(H,16,17). The molecule has 5 nitrogen and oxygen atoms in total. The lowest BCUT2D eigenvalue weighted by atomic mass is 10.1. The van der Waals surface area contributed by atoms with Crippen LogP contribution in [0.25, 0.3) is 0 Å². The van der Waals surface area contributed by atoms with E-state index in [1.807, 2.05) is 12.3 Å². The van der Waals surface area contributed by atoms with E-state index in [9.17, 15) is 4.79 Å². The normalized spacial score (nSPS) is 25.0. The average Bonchev–Trinajstić information content (AvgIpc) is 3.16. The molecule has 2 atom stereocenters. The largest absolute Gasteiger partial charge is 0.466 e. The van der Waals surface area contributed by atoms with Gasteiger partial charge in [0.2, 0.25) is 0 Å². The summed E-state index contributed by atoms with van der Waals surface area (Å²) < 4.78 is 4.94. The number of aromatic nitrogens is 1. The van der Waals surface area contributed by atoms with Gasteiger partial charge in [-0.1, -0.05) is 0 Å². The summed E-state index contributed by atoms with van der Waals surface area (Å²) in [6, 6.07) is 1.23. The number of fused-ring (bicyclic) bond motifs is 1. The molecule has 2 aliphatic rings. The first-order valence-corrected chi connectivity index (χ1v) is 8.75. The zero-order valence-electron chi connectivity index (χ0n) is 12.5. The maximum absolute atomic E-state index is 11.4. The Kier molecular flexibility index (Phi) is 4.75. The SMILES string of the molecule is CCOC(=O)CCc1csc(NC2CCN3CCCC23)n1. The van der Waals surface area contributed by atoms with Gasteiger partial charge >= 0.3 is 5.97 Å². The van der Waals surface area contributed by atoms with E-state index >= 15 is 0 Å². The van der Waals surface area contributed by atoms with Gasteiger partial charge in [-0.3, -0.25) is 9.69 Å². The predicted octanol–water partition coefficient (Wildman–Crippen LogP) is 2.29. The molecule has 0 aromatic carbocycles. The molecule has 2 saturated heterocycles. The van der Waals surface area contributed by atoms with Gasteiger partial charge in [-0.15, -0.1) is 11.3 Å². The van der Waals surface area contributed by atoms with Gasteiger partial charge in [0.1, 0.15) is 0 Å². The minimum atomic E-state index is -0.141. The van der Waals surface area contributed by atoms with Crippen LogP contribution in [-0.4, -0.2) is 47.6 Å². The molecule has 116 valence electrons. The molecule has 1 N–H and O–H groups in total.